The second-order valence-electron chi connectivity index (χ2n) is 3.75. The first-order chi connectivity index (χ1) is 6.70. The number of rotatable bonds is 2. The fraction of sp³-hybridized carbons (Fsp3) is 0.600. The van der Waals surface area contributed by atoms with Gasteiger partial charge in [0.05, 0.1) is 12.2 Å². The van der Waals surface area contributed by atoms with E-state index < -0.39 is 5.60 Å². The number of hydrogen-bond acceptors (Lipinski definition) is 3. The van der Waals surface area contributed by atoms with Crippen LogP contribution in [-0.2, 0) is 11.2 Å². The maximum atomic E-state index is 10.2. The Kier molecular flexibility index (Phi) is 3.27. The predicted molar refractivity (Wildman–Crippen MR) is 60.7 cm³/mol. The molecule has 2 nitrogen and oxygen atoms in total. The predicted octanol–water partition coefficient (Wildman–Crippen LogP) is 2.59. The minimum absolute atomic E-state index is 0.470. The van der Waals surface area contributed by atoms with Crippen molar-refractivity contribution in [3.05, 3.63) is 20.8 Å². The largest absolute Gasteiger partial charge is 0.387 e. The van der Waals surface area contributed by atoms with Crippen LogP contribution in [0.25, 0.3) is 0 Å². The molecule has 1 aromatic rings. The summed E-state index contributed by atoms with van der Waals surface area (Å²) >= 11 is 5.16. The van der Waals surface area contributed by atoms with Gasteiger partial charge in [-0.15, -0.1) is 11.3 Å². The Labute approximate surface area is 96.0 Å². The second kappa shape index (κ2) is 4.31. The van der Waals surface area contributed by atoms with Crippen LogP contribution in [0.5, 0.6) is 0 Å². The molecule has 1 saturated heterocycles. The molecule has 0 aliphatic carbocycles. The lowest BCUT2D eigenvalue weighted by Gasteiger charge is -2.31. The molecule has 0 bridgehead atoms. The van der Waals surface area contributed by atoms with Gasteiger partial charge in [0, 0.05) is 22.4 Å². The lowest BCUT2D eigenvalue weighted by Crippen LogP contribution is -2.40. The Hall–Kier alpha value is 0.1000. The molecule has 0 radical (unpaired) electrons. The first kappa shape index (κ1) is 10.6. The minimum Gasteiger partial charge on any atom is -0.387 e. The second-order valence-corrected chi connectivity index (χ2v) is 5.60. The minimum atomic E-state index is -0.647. The lowest BCUT2D eigenvalue weighted by molar-refractivity contribution is -0.0841. The molecule has 2 heterocycles. The number of hydrogen-bond donors (Lipinski definition) is 1. The summed E-state index contributed by atoms with van der Waals surface area (Å²) in [6.45, 7) is 1.26. The third-order valence-electron chi connectivity index (χ3n) is 2.48. The zero-order valence-electron chi connectivity index (χ0n) is 7.83. The molecule has 1 aliphatic heterocycles. The number of halogens is 1. The van der Waals surface area contributed by atoms with E-state index in [0.29, 0.717) is 13.0 Å². The average molecular weight is 277 g/mol. The van der Waals surface area contributed by atoms with E-state index >= 15 is 0 Å². The standard InChI is InChI=1S/C10H13BrO2S/c11-8-2-5-14-9(8)6-10(12)3-1-4-13-7-10/h2,5,12H,1,3-4,6-7H2. The zero-order valence-corrected chi connectivity index (χ0v) is 10.2. The van der Waals surface area contributed by atoms with Crippen LogP contribution in [0.4, 0.5) is 0 Å². The molecule has 1 unspecified atom stereocenters. The SMILES string of the molecule is OC1(Cc2sccc2Br)CCCOC1. The summed E-state index contributed by atoms with van der Waals surface area (Å²) in [6, 6.07) is 2.02. The van der Waals surface area contributed by atoms with E-state index in [-0.39, 0.29) is 0 Å². The van der Waals surface area contributed by atoms with Gasteiger partial charge in [0.2, 0.25) is 0 Å². The van der Waals surface area contributed by atoms with Crippen molar-refractivity contribution in [3.63, 3.8) is 0 Å². The summed E-state index contributed by atoms with van der Waals surface area (Å²) in [5, 5.41) is 12.3. The summed E-state index contributed by atoms with van der Waals surface area (Å²) in [5.41, 5.74) is -0.647. The van der Waals surface area contributed by atoms with Crippen LogP contribution in [0.15, 0.2) is 15.9 Å². The van der Waals surface area contributed by atoms with E-state index in [1.54, 1.807) is 11.3 Å². The van der Waals surface area contributed by atoms with Gasteiger partial charge in [0.1, 0.15) is 0 Å². The van der Waals surface area contributed by atoms with Crippen molar-refractivity contribution < 1.29 is 9.84 Å². The van der Waals surface area contributed by atoms with Gasteiger partial charge in [-0.25, -0.2) is 0 Å². The maximum absolute atomic E-state index is 10.2. The van der Waals surface area contributed by atoms with Gasteiger partial charge < -0.3 is 9.84 Å². The van der Waals surface area contributed by atoms with Crippen molar-refractivity contribution in [2.45, 2.75) is 24.9 Å². The van der Waals surface area contributed by atoms with Gasteiger partial charge in [0.25, 0.3) is 0 Å². The van der Waals surface area contributed by atoms with Gasteiger partial charge in [-0.1, -0.05) is 0 Å². The van der Waals surface area contributed by atoms with Crippen molar-refractivity contribution >= 4 is 27.3 Å². The molecule has 2 rings (SSSR count). The van der Waals surface area contributed by atoms with E-state index in [0.717, 1.165) is 23.9 Å². The number of aliphatic hydroxyl groups is 1. The molecular formula is C10H13BrO2S. The van der Waals surface area contributed by atoms with E-state index in [1.165, 1.54) is 4.88 Å². The van der Waals surface area contributed by atoms with Crippen LogP contribution in [0.2, 0.25) is 0 Å². The summed E-state index contributed by atoms with van der Waals surface area (Å²) in [7, 11) is 0. The fourth-order valence-electron chi connectivity index (χ4n) is 1.73. The van der Waals surface area contributed by atoms with E-state index in [1.807, 2.05) is 11.4 Å². The monoisotopic (exact) mass is 276 g/mol. The Morgan fingerprint density at radius 2 is 2.50 bits per heavy atom. The van der Waals surface area contributed by atoms with Crippen molar-refractivity contribution in [1.82, 2.24) is 0 Å². The first-order valence-corrected chi connectivity index (χ1v) is 6.39. The molecule has 4 heteroatoms. The molecule has 14 heavy (non-hydrogen) atoms. The average Bonchev–Trinajstić information content (AvgIpc) is 2.52. The third-order valence-corrected chi connectivity index (χ3v) is 4.41. The highest BCUT2D eigenvalue weighted by atomic mass is 79.9. The highest BCUT2D eigenvalue weighted by molar-refractivity contribution is 9.10. The van der Waals surface area contributed by atoms with Crippen LogP contribution >= 0.6 is 27.3 Å². The molecule has 1 atom stereocenters. The Morgan fingerprint density at radius 1 is 1.64 bits per heavy atom. The van der Waals surface area contributed by atoms with Crippen LogP contribution in [0.3, 0.4) is 0 Å². The van der Waals surface area contributed by atoms with Gasteiger partial charge in [0.15, 0.2) is 0 Å². The fourth-order valence-corrected chi connectivity index (χ4v) is 3.36. The topological polar surface area (TPSA) is 29.5 Å². The summed E-state index contributed by atoms with van der Waals surface area (Å²) in [6.07, 6.45) is 2.50. The molecule has 1 aliphatic rings. The Morgan fingerprint density at radius 3 is 3.07 bits per heavy atom. The van der Waals surface area contributed by atoms with Crippen LogP contribution in [0, 0.1) is 0 Å². The molecule has 1 aromatic heterocycles. The lowest BCUT2D eigenvalue weighted by atomic mass is 9.92. The zero-order chi connectivity index (χ0) is 10.0. The normalized spacial score (nSPS) is 27.9. The summed E-state index contributed by atoms with van der Waals surface area (Å²) in [5.74, 6) is 0. The quantitative estimate of drug-likeness (QED) is 0.900. The maximum Gasteiger partial charge on any atom is 0.0929 e. The molecule has 0 amide bonds. The molecule has 0 saturated carbocycles. The van der Waals surface area contributed by atoms with E-state index in [9.17, 15) is 5.11 Å². The van der Waals surface area contributed by atoms with Gasteiger partial charge in [-0.2, -0.15) is 0 Å². The van der Waals surface area contributed by atoms with Gasteiger partial charge in [-0.05, 0) is 40.2 Å². The molecule has 78 valence electrons. The third kappa shape index (κ3) is 2.37. The molecule has 0 spiro atoms. The Bertz CT molecular complexity index is 305. The van der Waals surface area contributed by atoms with Crippen molar-refractivity contribution in [1.29, 1.82) is 0 Å². The van der Waals surface area contributed by atoms with Crippen LogP contribution < -0.4 is 0 Å². The van der Waals surface area contributed by atoms with Crippen LogP contribution in [0.1, 0.15) is 17.7 Å². The molecule has 1 fully saturated rings. The van der Waals surface area contributed by atoms with Crippen molar-refractivity contribution in [3.8, 4) is 0 Å². The van der Waals surface area contributed by atoms with E-state index in [2.05, 4.69) is 15.9 Å². The Balaban J connectivity index is 2.05. The summed E-state index contributed by atoms with van der Waals surface area (Å²) < 4.78 is 6.41. The van der Waals surface area contributed by atoms with Crippen LogP contribution in [-0.4, -0.2) is 23.9 Å². The van der Waals surface area contributed by atoms with Gasteiger partial charge >= 0.3 is 0 Å². The number of thiophene rings is 1. The van der Waals surface area contributed by atoms with E-state index in [4.69, 9.17) is 4.74 Å². The van der Waals surface area contributed by atoms with Crippen molar-refractivity contribution in [2.75, 3.05) is 13.2 Å². The highest BCUT2D eigenvalue weighted by Gasteiger charge is 2.31. The molecular weight excluding hydrogens is 264 g/mol. The summed E-state index contributed by atoms with van der Waals surface area (Å²) in [4.78, 5) is 1.21. The smallest absolute Gasteiger partial charge is 0.0929 e. The van der Waals surface area contributed by atoms with Gasteiger partial charge in [-0.3, -0.25) is 0 Å². The number of ether oxygens (including phenoxy) is 1. The van der Waals surface area contributed by atoms with Crippen molar-refractivity contribution in [2.24, 2.45) is 0 Å². The molecule has 1 N–H and O–H groups in total. The highest BCUT2D eigenvalue weighted by Crippen LogP contribution is 2.30. The first-order valence-electron chi connectivity index (χ1n) is 4.72. The molecule has 0 aromatic carbocycles.